The van der Waals surface area contributed by atoms with Gasteiger partial charge in [-0.15, -0.1) is 0 Å². The maximum atomic E-state index is 10.8. The molecule has 1 aliphatic heterocycles. The van der Waals surface area contributed by atoms with Crippen LogP contribution in [-0.4, -0.2) is 23.0 Å². The molecule has 0 aromatic rings. The van der Waals surface area contributed by atoms with Crippen LogP contribution >= 0.6 is 0 Å². The lowest BCUT2D eigenvalue weighted by atomic mass is 11.7. The van der Waals surface area contributed by atoms with Gasteiger partial charge >= 0.3 is 0 Å². The molecule has 48 valence electrons. The lowest BCUT2D eigenvalue weighted by molar-refractivity contribution is 0.677. The molecule has 0 radical (unpaired) electrons. The summed E-state index contributed by atoms with van der Waals surface area (Å²) >= 11 is 0. The summed E-state index contributed by atoms with van der Waals surface area (Å²) in [4.78, 5) is 0. The fourth-order valence-corrected chi connectivity index (χ4v) is 11.0. The van der Waals surface area contributed by atoms with Gasteiger partial charge in [0.25, 0.3) is 0 Å². The first kappa shape index (κ1) is 6.29. The number of rotatable bonds is 0. The van der Waals surface area contributed by atoms with Gasteiger partial charge in [-0.25, -0.2) is 0 Å². The van der Waals surface area contributed by atoms with Crippen LogP contribution in [0.3, 0.4) is 0 Å². The second-order valence-corrected chi connectivity index (χ2v) is 11.5. The van der Waals surface area contributed by atoms with E-state index >= 15 is 0 Å². The van der Waals surface area contributed by atoms with E-state index in [9.17, 15) is 4.21 Å². The Kier molecular flexibility index (Phi) is 1.07. The van der Waals surface area contributed by atoms with Gasteiger partial charge in [0.2, 0.25) is 0 Å². The molecule has 1 heterocycles. The first-order valence-electron chi connectivity index (χ1n) is 2.66. The van der Waals surface area contributed by atoms with Crippen molar-refractivity contribution in [1.29, 1.82) is 4.78 Å². The van der Waals surface area contributed by atoms with Gasteiger partial charge in [-0.3, -0.25) is 8.99 Å². The van der Waals surface area contributed by atoms with E-state index in [2.05, 4.69) is 13.1 Å². The Labute approximate surface area is 51.3 Å². The average molecular weight is 149 g/mol. The number of hydrogen-bond donors (Lipinski definition) is 1. The van der Waals surface area contributed by atoms with E-state index in [1.165, 1.54) is 0 Å². The second kappa shape index (κ2) is 1.36. The normalized spacial score (nSPS) is 31.2. The summed E-state index contributed by atoms with van der Waals surface area (Å²) in [6, 6.07) is 0. The SMILES string of the molecule is C[Si]1(C)CS(=N)(=O)C1. The van der Waals surface area contributed by atoms with Crippen LogP contribution in [0, 0.1) is 4.78 Å². The maximum Gasteiger partial charge on any atom is 0.0767 e. The molecular weight excluding hydrogens is 138 g/mol. The van der Waals surface area contributed by atoms with E-state index in [0.29, 0.717) is 0 Å². The van der Waals surface area contributed by atoms with E-state index in [1.54, 1.807) is 0 Å². The van der Waals surface area contributed by atoms with Gasteiger partial charge in [-0.05, 0) is 0 Å². The van der Waals surface area contributed by atoms with Gasteiger partial charge < -0.3 is 0 Å². The van der Waals surface area contributed by atoms with Gasteiger partial charge in [-0.1, -0.05) is 13.1 Å². The Bertz CT molecular complexity index is 180. The van der Waals surface area contributed by atoms with Crippen molar-refractivity contribution in [2.75, 3.05) is 10.8 Å². The Morgan fingerprint density at radius 1 is 1.50 bits per heavy atom. The minimum absolute atomic E-state index is 0.736. The van der Waals surface area contributed by atoms with Crippen LogP contribution in [0.4, 0.5) is 0 Å². The van der Waals surface area contributed by atoms with Crippen LogP contribution in [0.2, 0.25) is 13.1 Å². The van der Waals surface area contributed by atoms with Crippen LogP contribution in [0.25, 0.3) is 0 Å². The van der Waals surface area contributed by atoms with Crippen molar-refractivity contribution in [1.82, 2.24) is 0 Å². The monoisotopic (exact) mass is 149 g/mol. The van der Waals surface area contributed by atoms with Crippen LogP contribution in [0.5, 0.6) is 0 Å². The van der Waals surface area contributed by atoms with Crippen molar-refractivity contribution in [3.63, 3.8) is 0 Å². The molecule has 1 fully saturated rings. The van der Waals surface area contributed by atoms with Gasteiger partial charge in [0.1, 0.15) is 0 Å². The van der Waals surface area contributed by atoms with Crippen LogP contribution in [0.1, 0.15) is 0 Å². The van der Waals surface area contributed by atoms with Crippen molar-refractivity contribution in [2.45, 2.75) is 13.1 Å². The zero-order valence-electron chi connectivity index (χ0n) is 5.23. The molecule has 4 heteroatoms. The fraction of sp³-hybridized carbons (Fsp3) is 1.00. The third-order valence-electron chi connectivity index (χ3n) is 1.25. The minimum Gasteiger partial charge on any atom is -0.253 e. The zero-order valence-corrected chi connectivity index (χ0v) is 7.05. The third kappa shape index (κ3) is 1.11. The summed E-state index contributed by atoms with van der Waals surface area (Å²) in [6.07, 6.45) is 0. The molecule has 0 atom stereocenters. The van der Waals surface area contributed by atoms with Crippen LogP contribution in [0.15, 0.2) is 0 Å². The quantitative estimate of drug-likeness (QED) is 0.509. The summed E-state index contributed by atoms with van der Waals surface area (Å²) < 4.78 is 17.8. The van der Waals surface area contributed by atoms with Gasteiger partial charge in [0.15, 0.2) is 0 Å². The Balaban J connectivity index is 2.68. The zero-order chi connectivity index (χ0) is 6.41. The van der Waals surface area contributed by atoms with Gasteiger partial charge in [-0.2, -0.15) is 0 Å². The summed E-state index contributed by atoms with van der Waals surface area (Å²) in [6.45, 7) is 4.37. The molecule has 0 unspecified atom stereocenters. The molecular formula is C4H11NOSSi. The highest BCUT2D eigenvalue weighted by Crippen LogP contribution is 2.20. The lowest BCUT2D eigenvalue weighted by Gasteiger charge is -2.33. The molecule has 0 amide bonds. The maximum absolute atomic E-state index is 10.8. The van der Waals surface area contributed by atoms with Crippen molar-refractivity contribution in [2.24, 2.45) is 0 Å². The highest BCUT2D eigenvalue weighted by Gasteiger charge is 2.39. The topological polar surface area (TPSA) is 40.9 Å². The van der Waals surface area contributed by atoms with E-state index < -0.39 is 17.8 Å². The van der Waals surface area contributed by atoms with Crippen molar-refractivity contribution in [3.05, 3.63) is 0 Å². The van der Waals surface area contributed by atoms with E-state index in [-0.39, 0.29) is 0 Å². The smallest absolute Gasteiger partial charge is 0.0767 e. The minimum atomic E-state index is -2.03. The predicted molar refractivity (Wildman–Crippen MR) is 38.1 cm³/mol. The lowest BCUT2D eigenvalue weighted by Crippen LogP contribution is -2.54. The summed E-state index contributed by atoms with van der Waals surface area (Å²) in [5.74, 6) is 0. The summed E-state index contributed by atoms with van der Waals surface area (Å²) in [5.41, 5.74) is 0. The molecule has 1 saturated heterocycles. The molecule has 1 N–H and O–H groups in total. The molecule has 0 aromatic heterocycles. The Morgan fingerprint density at radius 2 is 1.88 bits per heavy atom. The fourth-order valence-electron chi connectivity index (χ4n) is 1.22. The molecule has 0 aliphatic carbocycles. The molecule has 2 nitrogen and oxygen atoms in total. The van der Waals surface area contributed by atoms with Crippen LogP contribution < -0.4 is 0 Å². The van der Waals surface area contributed by atoms with Gasteiger partial charge in [0.05, 0.1) is 8.07 Å². The second-order valence-electron chi connectivity index (χ2n) is 3.26. The predicted octanol–water partition coefficient (Wildman–Crippen LogP) is 0.834. The van der Waals surface area contributed by atoms with E-state index in [1.807, 2.05) is 0 Å². The van der Waals surface area contributed by atoms with Gasteiger partial charge in [0, 0.05) is 20.5 Å². The van der Waals surface area contributed by atoms with Crippen molar-refractivity contribution >= 4 is 17.8 Å². The first-order chi connectivity index (χ1) is 3.41. The Morgan fingerprint density at radius 3 is 1.88 bits per heavy atom. The molecule has 0 saturated carbocycles. The number of hydrogen-bond acceptors (Lipinski definition) is 2. The number of nitrogens with one attached hydrogen (secondary N) is 1. The molecule has 0 bridgehead atoms. The molecule has 1 rings (SSSR count). The van der Waals surface area contributed by atoms with E-state index in [0.717, 1.165) is 10.8 Å². The molecule has 0 spiro atoms. The first-order valence-corrected chi connectivity index (χ1v) is 7.97. The molecule has 1 aliphatic rings. The Hall–Kier alpha value is 0.167. The summed E-state index contributed by atoms with van der Waals surface area (Å²) in [7, 11) is -3.08. The highest BCUT2D eigenvalue weighted by atomic mass is 32.2. The average Bonchev–Trinajstić information content (AvgIpc) is 1.20. The standard InChI is InChI=1S/C4H11NOSSi/c1-8(2)3-7(5,6)4-8/h5H,3-4H2,1-2H3. The van der Waals surface area contributed by atoms with Crippen molar-refractivity contribution in [3.8, 4) is 0 Å². The van der Waals surface area contributed by atoms with Crippen molar-refractivity contribution < 1.29 is 4.21 Å². The highest BCUT2D eigenvalue weighted by molar-refractivity contribution is 8.00. The largest absolute Gasteiger partial charge is 0.253 e. The molecule has 0 aromatic carbocycles. The van der Waals surface area contributed by atoms with E-state index in [4.69, 9.17) is 4.78 Å². The summed E-state index contributed by atoms with van der Waals surface area (Å²) in [5, 5.41) is 1.47. The molecule has 8 heavy (non-hydrogen) atoms. The van der Waals surface area contributed by atoms with Crippen LogP contribution in [-0.2, 0) is 9.73 Å². The third-order valence-corrected chi connectivity index (χ3v) is 11.2.